The van der Waals surface area contributed by atoms with E-state index >= 15 is 0 Å². The first-order chi connectivity index (χ1) is 13.5. The van der Waals surface area contributed by atoms with Crippen LogP contribution in [-0.4, -0.2) is 29.3 Å². The molecule has 0 radical (unpaired) electrons. The summed E-state index contributed by atoms with van der Waals surface area (Å²) in [4.78, 5) is 27.1. The Bertz CT molecular complexity index is 793. The fraction of sp³-hybridized carbons (Fsp3) is 0.364. The standard InChI is InChI=1S/C22H26F2N2O2/c1-3-13-25-22(28)20(4-2)26(15-16-9-11-18(23)12-10-16)21(27)14-17-7-5-6-8-19(17)24/h5-12,20H,3-4,13-15H2,1-2H3,(H,25,28). The molecule has 1 N–H and O–H groups in total. The molecule has 1 atom stereocenters. The van der Waals surface area contributed by atoms with Crippen molar-refractivity contribution in [3.63, 3.8) is 0 Å². The first-order valence-corrected chi connectivity index (χ1v) is 9.51. The number of rotatable bonds is 9. The second-order valence-corrected chi connectivity index (χ2v) is 6.63. The zero-order valence-corrected chi connectivity index (χ0v) is 16.3. The number of nitrogens with one attached hydrogen (secondary N) is 1. The SMILES string of the molecule is CCCNC(=O)C(CC)N(Cc1ccc(F)cc1)C(=O)Cc1ccccc1F. The summed E-state index contributed by atoms with van der Waals surface area (Å²) in [7, 11) is 0. The summed E-state index contributed by atoms with van der Waals surface area (Å²) in [5.74, 6) is -1.43. The third-order valence-corrected chi connectivity index (χ3v) is 4.50. The Morgan fingerprint density at radius 3 is 2.32 bits per heavy atom. The molecule has 2 amide bonds. The third kappa shape index (κ3) is 5.87. The van der Waals surface area contributed by atoms with Crippen LogP contribution in [0.2, 0.25) is 0 Å². The number of carbonyl (C=O) groups excluding carboxylic acids is 2. The highest BCUT2D eigenvalue weighted by Crippen LogP contribution is 2.16. The van der Waals surface area contributed by atoms with Crippen molar-refractivity contribution >= 4 is 11.8 Å². The van der Waals surface area contributed by atoms with Gasteiger partial charge >= 0.3 is 0 Å². The van der Waals surface area contributed by atoms with Gasteiger partial charge in [0.15, 0.2) is 0 Å². The average Bonchev–Trinajstić information content (AvgIpc) is 2.69. The molecule has 2 aromatic carbocycles. The van der Waals surface area contributed by atoms with Gasteiger partial charge in [0.2, 0.25) is 11.8 Å². The van der Waals surface area contributed by atoms with E-state index in [1.165, 1.54) is 23.1 Å². The third-order valence-electron chi connectivity index (χ3n) is 4.50. The van der Waals surface area contributed by atoms with E-state index in [4.69, 9.17) is 0 Å². The largest absolute Gasteiger partial charge is 0.354 e. The van der Waals surface area contributed by atoms with Gasteiger partial charge in [-0.2, -0.15) is 0 Å². The van der Waals surface area contributed by atoms with Crippen LogP contribution >= 0.6 is 0 Å². The molecular formula is C22H26F2N2O2. The average molecular weight is 388 g/mol. The Balaban J connectivity index is 2.27. The first kappa shape index (κ1) is 21.5. The van der Waals surface area contributed by atoms with Crippen molar-refractivity contribution in [1.82, 2.24) is 10.2 Å². The zero-order valence-electron chi connectivity index (χ0n) is 16.3. The van der Waals surface area contributed by atoms with Crippen LogP contribution in [0.25, 0.3) is 0 Å². The lowest BCUT2D eigenvalue weighted by Crippen LogP contribution is -2.49. The summed E-state index contributed by atoms with van der Waals surface area (Å²) in [6.07, 6.45) is 1.05. The maximum Gasteiger partial charge on any atom is 0.242 e. The van der Waals surface area contributed by atoms with Crippen LogP contribution in [0.15, 0.2) is 48.5 Å². The molecule has 1 unspecified atom stereocenters. The van der Waals surface area contributed by atoms with Crippen LogP contribution in [0.4, 0.5) is 8.78 Å². The van der Waals surface area contributed by atoms with E-state index in [0.29, 0.717) is 18.5 Å². The Labute approximate surface area is 164 Å². The number of benzene rings is 2. The summed E-state index contributed by atoms with van der Waals surface area (Å²) in [6.45, 7) is 4.43. The monoisotopic (exact) mass is 388 g/mol. The van der Waals surface area contributed by atoms with Gasteiger partial charge in [-0.1, -0.05) is 44.2 Å². The van der Waals surface area contributed by atoms with Gasteiger partial charge in [-0.05, 0) is 42.2 Å². The highest BCUT2D eigenvalue weighted by molar-refractivity contribution is 5.88. The highest BCUT2D eigenvalue weighted by Gasteiger charge is 2.28. The van der Waals surface area contributed by atoms with Crippen LogP contribution in [0, 0.1) is 11.6 Å². The van der Waals surface area contributed by atoms with Gasteiger partial charge in [-0.3, -0.25) is 9.59 Å². The van der Waals surface area contributed by atoms with E-state index in [1.807, 2.05) is 13.8 Å². The molecule has 0 fully saturated rings. The van der Waals surface area contributed by atoms with Gasteiger partial charge in [-0.25, -0.2) is 8.78 Å². The minimum atomic E-state index is -0.684. The number of hydrogen-bond donors (Lipinski definition) is 1. The van der Waals surface area contributed by atoms with E-state index in [0.717, 1.165) is 6.42 Å². The van der Waals surface area contributed by atoms with Crippen LogP contribution in [0.1, 0.15) is 37.8 Å². The molecule has 0 bridgehead atoms. The lowest BCUT2D eigenvalue weighted by atomic mass is 10.1. The lowest BCUT2D eigenvalue weighted by Gasteiger charge is -2.30. The number of halogens is 2. The second kappa shape index (κ2) is 10.5. The molecule has 0 saturated carbocycles. The summed E-state index contributed by atoms with van der Waals surface area (Å²) < 4.78 is 27.2. The molecule has 0 aliphatic rings. The summed E-state index contributed by atoms with van der Waals surface area (Å²) in [5.41, 5.74) is 0.977. The molecule has 6 heteroatoms. The second-order valence-electron chi connectivity index (χ2n) is 6.63. The smallest absolute Gasteiger partial charge is 0.242 e. The van der Waals surface area contributed by atoms with E-state index < -0.39 is 11.9 Å². The maximum atomic E-state index is 14.0. The quantitative estimate of drug-likeness (QED) is 0.710. The van der Waals surface area contributed by atoms with Gasteiger partial charge in [0, 0.05) is 13.1 Å². The predicted octanol–water partition coefficient (Wildman–Crippen LogP) is 3.84. The molecular weight excluding hydrogens is 362 g/mol. The Kier molecular flexibility index (Phi) is 8.11. The van der Waals surface area contributed by atoms with Crippen LogP contribution < -0.4 is 5.32 Å². The molecule has 0 heterocycles. The number of carbonyl (C=O) groups is 2. The number of nitrogens with zero attached hydrogens (tertiary/aromatic N) is 1. The summed E-state index contributed by atoms with van der Waals surface area (Å²) in [6, 6.07) is 11.2. The molecule has 28 heavy (non-hydrogen) atoms. The van der Waals surface area contributed by atoms with E-state index in [2.05, 4.69) is 5.32 Å². The molecule has 0 spiro atoms. The van der Waals surface area contributed by atoms with Crippen molar-refractivity contribution in [1.29, 1.82) is 0 Å². The topological polar surface area (TPSA) is 49.4 Å². The van der Waals surface area contributed by atoms with Gasteiger partial charge in [0.1, 0.15) is 17.7 Å². The highest BCUT2D eigenvalue weighted by atomic mass is 19.1. The van der Waals surface area contributed by atoms with Crippen molar-refractivity contribution in [3.8, 4) is 0 Å². The van der Waals surface area contributed by atoms with Crippen molar-refractivity contribution in [2.45, 2.75) is 45.7 Å². The van der Waals surface area contributed by atoms with Crippen molar-refractivity contribution in [2.24, 2.45) is 0 Å². The molecule has 4 nitrogen and oxygen atoms in total. The summed E-state index contributed by atoms with van der Waals surface area (Å²) in [5, 5.41) is 2.82. The molecule has 150 valence electrons. The van der Waals surface area contributed by atoms with Gasteiger partial charge in [0.05, 0.1) is 6.42 Å². The fourth-order valence-corrected chi connectivity index (χ4v) is 2.98. The minimum Gasteiger partial charge on any atom is -0.354 e. The first-order valence-electron chi connectivity index (χ1n) is 9.51. The van der Waals surface area contributed by atoms with Crippen molar-refractivity contribution in [2.75, 3.05) is 6.54 Å². The molecule has 2 rings (SSSR count). The zero-order chi connectivity index (χ0) is 20.5. The van der Waals surface area contributed by atoms with E-state index in [-0.39, 0.29) is 36.2 Å². The van der Waals surface area contributed by atoms with Crippen LogP contribution in [-0.2, 0) is 22.6 Å². The minimum absolute atomic E-state index is 0.144. The Hall–Kier alpha value is -2.76. The number of hydrogen-bond acceptors (Lipinski definition) is 2. The molecule has 2 aromatic rings. The van der Waals surface area contributed by atoms with Gasteiger partial charge in [0.25, 0.3) is 0 Å². The van der Waals surface area contributed by atoms with Crippen LogP contribution in [0.5, 0.6) is 0 Å². The fourth-order valence-electron chi connectivity index (χ4n) is 2.98. The predicted molar refractivity (Wildman–Crippen MR) is 104 cm³/mol. The van der Waals surface area contributed by atoms with Gasteiger partial charge < -0.3 is 10.2 Å². The van der Waals surface area contributed by atoms with Crippen LogP contribution in [0.3, 0.4) is 0 Å². The van der Waals surface area contributed by atoms with Gasteiger partial charge in [-0.15, -0.1) is 0 Å². The van der Waals surface area contributed by atoms with Crippen molar-refractivity contribution < 1.29 is 18.4 Å². The maximum absolute atomic E-state index is 14.0. The Morgan fingerprint density at radius 2 is 1.71 bits per heavy atom. The molecule has 0 aliphatic heterocycles. The normalized spacial score (nSPS) is 11.7. The number of amides is 2. The summed E-state index contributed by atoms with van der Waals surface area (Å²) >= 11 is 0. The molecule has 0 aliphatic carbocycles. The molecule has 0 aromatic heterocycles. The van der Waals surface area contributed by atoms with Crippen molar-refractivity contribution in [3.05, 3.63) is 71.3 Å². The lowest BCUT2D eigenvalue weighted by molar-refractivity contribution is -0.141. The van der Waals surface area contributed by atoms with E-state index in [9.17, 15) is 18.4 Å². The Morgan fingerprint density at radius 1 is 1.04 bits per heavy atom. The molecule has 0 saturated heterocycles. The van der Waals surface area contributed by atoms with E-state index in [1.54, 1.807) is 30.3 Å².